The molecular formula is C16H21N5O2. The van der Waals surface area contributed by atoms with E-state index in [2.05, 4.69) is 15.4 Å². The minimum Gasteiger partial charge on any atom is -0.376 e. The maximum Gasteiger partial charge on any atom is 0.257 e. The molecule has 1 fully saturated rings. The molecule has 0 spiro atoms. The van der Waals surface area contributed by atoms with Crippen molar-refractivity contribution in [1.29, 1.82) is 0 Å². The van der Waals surface area contributed by atoms with Crippen molar-refractivity contribution in [3.63, 3.8) is 0 Å². The van der Waals surface area contributed by atoms with Gasteiger partial charge in [0.2, 0.25) is 0 Å². The number of aromatic nitrogens is 3. The first-order valence-corrected chi connectivity index (χ1v) is 7.70. The molecule has 0 radical (unpaired) electrons. The molecule has 0 aliphatic carbocycles. The maximum absolute atomic E-state index is 12.2. The van der Waals surface area contributed by atoms with Crippen LogP contribution in [0.2, 0.25) is 0 Å². The van der Waals surface area contributed by atoms with Crippen LogP contribution in [0.15, 0.2) is 30.7 Å². The number of hydrogen-bond acceptors (Lipinski definition) is 5. The Hall–Kier alpha value is -2.41. The van der Waals surface area contributed by atoms with E-state index in [1.165, 1.54) is 0 Å². The molecular weight excluding hydrogens is 294 g/mol. The third kappa shape index (κ3) is 3.87. The second kappa shape index (κ2) is 6.78. The summed E-state index contributed by atoms with van der Waals surface area (Å²) >= 11 is 0. The molecule has 0 bridgehead atoms. The lowest BCUT2D eigenvalue weighted by molar-refractivity contribution is 0.0940. The topological polar surface area (TPSA) is 72.3 Å². The predicted molar refractivity (Wildman–Crippen MR) is 87.7 cm³/mol. The first-order chi connectivity index (χ1) is 11.1. The number of pyridine rings is 1. The van der Waals surface area contributed by atoms with Gasteiger partial charge in [-0.05, 0) is 25.0 Å². The van der Waals surface area contributed by atoms with Gasteiger partial charge in [0, 0.05) is 33.1 Å². The quantitative estimate of drug-likeness (QED) is 0.910. The average molecular weight is 315 g/mol. The molecule has 23 heavy (non-hydrogen) atoms. The zero-order valence-corrected chi connectivity index (χ0v) is 13.4. The molecule has 7 nitrogen and oxygen atoms in total. The van der Waals surface area contributed by atoms with Crippen LogP contribution in [0.5, 0.6) is 0 Å². The van der Waals surface area contributed by atoms with E-state index in [-0.39, 0.29) is 12.0 Å². The summed E-state index contributed by atoms with van der Waals surface area (Å²) in [6, 6.07) is 3.57. The van der Waals surface area contributed by atoms with Crippen molar-refractivity contribution in [2.24, 2.45) is 0 Å². The second-order valence-electron chi connectivity index (χ2n) is 5.84. The van der Waals surface area contributed by atoms with E-state index in [0.717, 1.165) is 31.8 Å². The molecule has 1 amide bonds. The highest BCUT2D eigenvalue weighted by atomic mass is 16.5. The number of anilines is 2. The van der Waals surface area contributed by atoms with E-state index >= 15 is 0 Å². The second-order valence-corrected chi connectivity index (χ2v) is 5.84. The molecule has 3 heterocycles. The largest absolute Gasteiger partial charge is 0.376 e. The molecule has 1 N–H and O–H groups in total. The number of rotatable bonds is 5. The van der Waals surface area contributed by atoms with Gasteiger partial charge in [0.05, 0.1) is 30.1 Å². The number of carbonyl (C=O) groups is 1. The lowest BCUT2D eigenvalue weighted by atomic mass is 10.2. The van der Waals surface area contributed by atoms with E-state index in [1.807, 2.05) is 31.3 Å². The highest BCUT2D eigenvalue weighted by Gasteiger charge is 2.16. The molecule has 0 saturated carbocycles. The summed E-state index contributed by atoms with van der Waals surface area (Å²) in [5, 5.41) is 7.10. The third-order valence-electron chi connectivity index (χ3n) is 3.77. The number of amides is 1. The van der Waals surface area contributed by atoms with Gasteiger partial charge in [-0.15, -0.1) is 0 Å². The zero-order chi connectivity index (χ0) is 16.2. The van der Waals surface area contributed by atoms with Crippen molar-refractivity contribution in [2.45, 2.75) is 25.5 Å². The Morgan fingerprint density at radius 3 is 2.96 bits per heavy atom. The normalized spacial score (nSPS) is 17.2. The van der Waals surface area contributed by atoms with E-state index in [9.17, 15) is 4.79 Å². The van der Waals surface area contributed by atoms with Gasteiger partial charge in [-0.25, -0.2) is 4.98 Å². The number of nitrogens with zero attached hydrogens (tertiary/aromatic N) is 4. The van der Waals surface area contributed by atoms with E-state index in [1.54, 1.807) is 23.1 Å². The molecule has 122 valence electrons. The zero-order valence-electron chi connectivity index (χ0n) is 13.4. The number of hydrogen-bond donors (Lipinski definition) is 1. The predicted octanol–water partition coefficient (Wildman–Crippen LogP) is 1.78. The summed E-state index contributed by atoms with van der Waals surface area (Å²) < 4.78 is 7.39. The van der Waals surface area contributed by atoms with Crippen LogP contribution in [0.4, 0.5) is 11.5 Å². The maximum atomic E-state index is 12.2. The first-order valence-electron chi connectivity index (χ1n) is 7.70. The lowest BCUT2D eigenvalue weighted by Gasteiger charge is -2.11. The van der Waals surface area contributed by atoms with Crippen LogP contribution in [0.3, 0.4) is 0 Å². The SMILES string of the molecule is CN(C)c1ccc(C(=O)Nc2cnn(C[C@@H]3CCCO3)c2)cn1. The standard InChI is InChI=1S/C16H21N5O2/c1-20(2)15-6-5-12(8-17-15)16(22)19-13-9-18-21(10-13)11-14-4-3-7-23-14/h5-6,8-10,14H,3-4,7,11H2,1-2H3,(H,19,22)/t14-/m0/s1. The summed E-state index contributed by atoms with van der Waals surface area (Å²) in [4.78, 5) is 18.4. The van der Waals surface area contributed by atoms with Crippen molar-refractivity contribution in [3.05, 3.63) is 36.3 Å². The third-order valence-corrected chi connectivity index (χ3v) is 3.77. The Balaban J connectivity index is 1.60. The fraction of sp³-hybridized carbons (Fsp3) is 0.438. The molecule has 3 rings (SSSR count). The Bertz CT molecular complexity index is 659. The number of ether oxygens (including phenoxy) is 1. The van der Waals surface area contributed by atoms with Crippen LogP contribution in [0.1, 0.15) is 23.2 Å². The summed E-state index contributed by atoms with van der Waals surface area (Å²) in [6.07, 6.45) is 7.43. The summed E-state index contributed by atoms with van der Waals surface area (Å²) in [7, 11) is 3.81. The fourth-order valence-corrected chi connectivity index (χ4v) is 2.51. The highest BCUT2D eigenvalue weighted by Crippen LogP contribution is 2.15. The summed E-state index contributed by atoms with van der Waals surface area (Å²) in [5.74, 6) is 0.616. The molecule has 2 aromatic heterocycles. The smallest absolute Gasteiger partial charge is 0.257 e. The van der Waals surface area contributed by atoms with Crippen LogP contribution in [0, 0.1) is 0 Å². The van der Waals surface area contributed by atoms with Gasteiger partial charge < -0.3 is 15.0 Å². The van der Waals surface area contributed by atoms with Crippen molar-refractivity contribution in [2.75, 3.05) is 30.9 Å². The highest BCUT2D eigenvalue weighted by molar-refractivity contribution is 6.04. The molecule has 0 unspecified atom stereocenters. The average Bonchev–Trinajstić information content (AvgIpc) is 3.20. The van der Waals surface area contributed by atoms with Crippen LogP contribution in [-0.2, 0) is 11.3 Å². The minimum absolute atomic E-state index is 0.195. The van der Waals surface area contributed by atoms with Crippen molar-refractivity contribution in [3.8, 4) is 0 Å². The van der Waals surface area contributed by atoms with Gasteiger partial charge in [-0.3, -0.25) is 9.48 Å². The van der Waals surface area contributed by atoms with E-state index in [0.29, 0.717) is 11.3 Å². The van der Waals surface area contributed by atoms with Crippen LogP contribution >= 0.6 is 0 Å². The van der Waals surface area contributed by atoms with Crippen LogP contribution in [0.25, 0.3) is 0 Å². The Morgan fingerprint density at radius 1 is 1.43 bits per heavy atom. The molecule has 1 saturated heterocycles. The summed E-state index contributed by atoms with van der Waals surface area (Å²) in [5.41, 5.74) is 1.19. The van der Waals surface area contributed by atoms with Crippen LogP contribution < -0.4 is 10.2 Å². The number of nitrogens with one attached hydrogen (secondary N) is 1. The molecule has 0 aromatic carbocycles. The van der Waals surface area contributed by atoms with Crippen molar-refractivity contribution < 1.29 is 9.53 Å². The van der Waals surface area contributed by atoms with Gasteiger partial charge >= 0.3 is 0 Å². The summed E-state index contributed by atoms with van der Waals surface area (Å²) in [6.45, 7) is 1.54. The van der Waals surface area contributed by atoms with Gasteiger partial charge in [-0.2, -0.15) is 5.10 Å². The van der Waals surface area contributed by atoms with Gasteiger partial charge in [0.1, 0.15) is 5.82 Å². The van der Waals surface area contributed by atoms with Gasteiger partial charge in [-0.1, -0.05) is 0 Å². The molecule has 2 aromatic rings. The Labute approximate surface area is 135 Å². The number of carbonyl (C=O) groups excluding carboxylic acids is 1. The van der Waals surface area contributed by atoms with Gasteiger partial charge in [0.25, 0.3) is 5.91 Å². The fourth-order valence-electron chi connectivity index (χ4n) is 2.51. The Morgan fingerprint density at radius 2 is 2.30 bits per heavy atom. The van der Waals surface area contributed by atoms with Crippen molar-refractivity contribution in [1.82, 2.24) is 14.8 Å². The molecule has 1 aliphatic rings. The van der Waals surface area contributed by atoms with E-state index < -0.39 is 0 Å². The van der Waals surface area contributed by atoms with Gasteiger partial charge in [0.15, 0.2) is 0 Å². The Kier molecular flexibility index (Phi) is 4.57. The lowest BCUT2D eigenvalue weighted by Crippen LogP contribution is -2.15. The first kappa shape index (κ1) is 15.5. The van der Waals surface area contributed by atoms with Crippen LogP contribution in [-0.4, -0.2) is 47.5 Å². The van der Waals surface area contributed by atoms with Crippen molar-refractivity contribution >= 4 is 17.4 Å². The monoisotopic (exact) mass is 315 g/mol. The van der Waals surface area contributed by atoms with E-state index in [4.69, 9.17) is 4.74 Å². The molecule has 7 heteroatoms. The molecule has 1 atom stereocenters. The minimum atomic E-state index is -0.195. The molecule has 1 aliphatic heterocycles.